The Morgan fingerprint density at radius 3 is 2.75 bits per heavy atom. The van der Waals surface area contributed by atoms with Crippen molar-refractivity contribution in [2.75, 3.05) is 11.9 Å². The zero-order valence-electron chi connectivity index (χ0n) is 9.53. The van der Waals surface area contributed by atoms with Crippen molar-refractivity contribution in [2.45, 2.75) is 19.9 Å². The molecule has 1 aromatic rings. The van der Waals surface area contributed by atoms with E-state index in [4.69, 9.17) is 0 Å². The van der Waals surface area contributed by atoms with Gasteiger partial charge in [-0.2, -0.15) is 0 Å². The van der Waals surface area contributed by atoms with Crippen molar-refractivity contribution in [2.24, 2.45) is 0 Å². The maximum atomic E-state index is 11.5. The summed E-state index contributed by atoms with van der Waals surface area (Å²) in [6.07, 6.45) is 4.70. The van der Waals surface area contributed by atoms with E-state index >= 15 is 0 Å². The summed E-state index contributed by atoms with van der Waals surface area (Å²) in [5, 5.41) is 5.72. The third kappa shape index (κ3) is 3.68. The van der Waals surface area contributed by atoms with Crippen molar-refractivity contribution < 1.29 is 4.79 Å². The second kappa shape index (κ2) is 5.85. The van der Waals surface area contributed by atoms with Crippen LogP contribution in [-0.4, -0.2) is 28.5 Å². The zero-order chi connectivity index (χ0) is 12.0. The van der Waals surface area contributed by atoms with Crippen molar-refractivity contribution >= 4 is 11.7 Å². The number of anilines is 1. The normalized spacial score (nSPS) is 9.94. The molecule has 1 aromatic heterocycles. The zero-order valence-corrected chi connectivity index (χ0v) is 9.53. The van der Waals surface area contributed by atoms with Gasteiger partial charge in [0.15, 0.2) is 0 Å². The van der Waals surface area contributed by atoms with Crippen molar-refractivity contribution in [3.8, 4) is 0 Å². The first-order valence-electron chi connectivity index (χ1n) is 5.11. The highest BCUT2D eigenvalue weighted by molar-refractivity contribution is 5.92. The number of hydrogen-bond donors (Lipinski definition) is 2. The van der Waals surface area contributed by atoms with Gasteiger partial charge in [-0.25, -0.2) is 9.97 Å². The average molecular weight is 220 g/mol. The van der Waals surface area contributed by atoms with Gasteiger partial charge in [-0.05, 0) is 13.8 Å². The van der Waals surface area contributed by atoms with Crippen LogP contribution in [0.3, 0.4) is 0 Å². The largest absolute Gasteiger partial charge is 0.365 e. The number of aromatic nitrogens is 2. The van der Waals surface area contributed by atoms with Crippen LogP contribution in [0.4, 0.5) is 5.82 Å². The lowest BCUT2D eigenvalue weighted by Gasteiger charge is -2.07. The summed E-state index contributed by atoms with van der Waals surface area (Å²) in [5.41, 5.74) is 0.317. The van der Waals surface area contributed by atoms with Crippen LogP contribution >= 0.6 is 0 Å². The molecule has 0 saturated carbocycles. The number of rotatable bonds is 5. The first-order valence-corrected chi connectivity index (χ1v) is 5.11. The lowest BCUT2D eigenvalue weighted by atomic mass is 10.3. The summed E-state index contributed by atoms with van der Waals surface area (Å²) in [6, 6.07) is 0.0906. The molecule has 1 heterocycles. The van der Waals surface area contributed by atoms with E-state index in [-0.39, 0.29) is 11.9 Å². The molecule has 0 spiro atoms. The topological polar surface area (TPSA) is 66.9 Å². The van der Waals surface area contributed by atoms with Crippen molar-refractivity contribution in [1.82, 2.24) is 15.3 Å². The van der Waals surface area contributed by atoms with Gasteiger partial charge < -0.3 is 10.6 Å². The molecule has 0 unspecified atom stereocenters. The van der Waals surface area contributed by atoms with Crippen LogP contribution in [-0.2, 0) is 0 Å². The molecule has 0 aromatic carbocycles. The maximum Gasteiger partial charge on any atom is 0.271 e. The second-order valence-electron chi connectivity index (χ2n) is 3.58. The van der Waals surface area contributed by atoms with E-state index in [1.54, 1.807) is 6.08 Å². The predicted octanol–water partition coefficient (Wildman–Crippen LogP) is 1.21. The van der Waals surface area contributed by atoms with E-state index in [1.165, 1.54) is 12.4 Å². The van der Waals surface area contributed by atoms with Crippen LogP contribution in [0.15, 0.2) is 25.0 Å². The van der Waals surface area contributed by atoms with E-state index < -0.39 is 0 Å². The predicted molar refractivity (Wildman–Crippen MR) is 63.3 cm³/mol. The molecule has 0 radical (unpaired) electrons. The Bertz CT molecular complexity index is 359. The summed E-state index contributed by atoms with van der Waals surface area (Å²) in [5.74, 6) is 0.416. The first-order chi connectivity index (χ1) is 7.63. The van der Waals surface area contributed by atoms with E-state index in [0.29, 0.717) is 18.1 Å². The molecule has 5 nitrogen and oxygen atoms in total. The van der Waals surface area contributed by atoms with E-state index in [0.717, 1.165) is 0 Å². The molecule has 16 heavy (non-hydrogen) atoms. The molecule has 0 aliphatic rings. The first kappa shape index (κ1) is 12.2. The number of amides is 1. The van der Waals surface area contributed by atoms with Gasteiger partial charge in [-0.3, -0.25) is 4.79 Å². The lowest BCUT2D eigenvalue weighted by Crippen LogP contribution is -2.30. The molecule has 0 aliphatic carbocycles. The monoisotopic (exact) mass is 220 g/mol. The number of nitrogens with one attached hydrogen (secondary N) is 2. The minimum absolute atomic E-state index is 0.0906. The van der Waals surface area contributed by atoms with Gasteiger partial charge in [0.2, 0.25) is 0 Å². The highest BCUT2D eigenvalue weighted by Crippen LogP contribution is 2.00. The molecule has 0 aliphatic heterocycles. The summed E-state index contributed by atoms with van der Waals surface area (Å²) in [6.45, 7) is 7.99. The minimum Gasteiger partial charge on any atom is -0.365 e. The summed E-state index contributed by atoms with van der Waals surface area (Å²) < 4.78 is 0. The standard InChI is InChI=1S/C11H16N4O/c1-4-5-12-10-7-13-9(6-14-10)11(16)15-8(2)3/h4,6-8H,1,5H2,2-3H3,(H,12,14)(H,15,16). The molecule has 86 valence electrons. The van der Waals surface area contributed by atoms with Crippen LogP contribution in [0.1, 0.15) is 24.3 Å². The van der Waals surface area contributed by atoms with E-state index in [1.807, 2.05) is 13.8 Å². The highest BCUT2D eigenvalue weighted by Gasteiger charge is 2.08. The Kier molecular flexibility index (Phi) is 4.44. The van der Waals surface area contributed by atoms with Gasteiger partial charge in [0.1, 0.15) is 11.5 Å². The Balaban J connectivity index is 2.63. The van der Waals surface area contributed by atoms with Gasteiger partial charge in [-0.15, -0.1) is 6.58 Å². The quantitative estimate of drug-likeness (QED) is 0.732. The third-order valence-electron chi connectivity index (χ3n) is 1.73. The van der Waals surface area contributed by atoms with Crippen LogP contribution in [0, 0.1) is 0 Å². The lowest BCUT2D eigenvalue weighted by molar-refractivity contribution is 0.0937. The van der Waals surface area contributed by atoms with E-state index in [2.05, 4.69) is 27.2 Å². The molecule has 1 amide bonds. The fourth-order valence-electron chi connectivity index (χ4n) is 1.05. The molecular weight excluding hydrogens is 204 g/mol. The van der Waals surface area contributed by atoms with Crippen LogP contribution < -0.4 is 10.6 Å². The van der Waals surface area contributed by atoms with Gasteiger partial charge in [0.05, 0.1) is 12.4 Å². The Labute approximate surface area is 95.0 Å². The van der Waals surface area contributed by atoms with Gasteiger partial charge >= 0.3 is 0 Å². The second-order valence-corrected chi connectivity index (χ2v) is 3.58. The van der Waals surface area contributed by atoms with E-state index in [9.17, 15) is 4.79 Å². The fraction of sp³-hybridized carbons (Fsp3) is 0.364. The number of carbonyl (C=O) groups is 1. The van der Waals surface area contributed by atoms with Gasteiger partial charge in [0, 0.05) is 12.6 Å². The Morgan fingerprint density at radius 2 is 2.25 bits per heavy atom. The molecule has 1 rings (SSSR count). The molecule has 0 bridgehead atoms. The molecule has 0 atom stereocenters. The summed E-state index contributed by atoms with van der Waals surface area (Å²) in [4.78, 5) is 19.6. The molecule has 0 fully saturated rings. The van der Waals surface area contributed by atoms with Gasteiger partial charge in [-0.1, -0.05) is 6.08 Å². The minimum atomic E-state index is -0.210. The van der Waals surface area contributed by atoms with Crippen LogP contribution in [0.5, 0.6) is 0 Å². The Morgan fingerprint density at radius 1 is 1.50 bits per heavy atom. The molecule has 5 heteroatoms. The Hall–Kier alpha value is -1.91. The fourth-order valence-corrected chi connectivity index (χ4v) is 1.05. The van der Waals surface area contributed by atoms with Gasteiger partial charge in [0.25, 0.3) is 5.91 Å². The highest BCUT2D eigenvalue weighted by atomic mass is 16.1. The smallest absolute Gasteiger partial charge is 0.271 e. The van der Waals surface area contributed by atoms with Crippen LogP contribution in [0.25, 0.3) is 0 Å². The number of carbonyl (C=O) groups excluding carboxylic acids is 1. The summed E-state index contributed by atoms with van der Waals surface area (Å²) in [7, 11) is 0. The number of hydrogen-bond acceptors (Lipinski definition) is 4. The van der Waals surface area contributed by atoms with Crippen molar-refractivity contribution in [3.63, 3.8) is 0 Å². The average Bonchev–Trinajstić information content (AvgIpc) is 2.26. The number of nitrogens with zero attached hydrogens (tertiary/aromatic N) is 2. The van der Waals surface area contributed by atoms with Crippen LogP contribution in [0.2, 0.25) is 0 Å². The SMILES string of the molecule is C=CCNc1cnc(C(=O)NC(C)C)cn1. The molecule has 0 saturated heterocycles. The maximum absolute atomic E-state index is 11.5. The van der Waals surface area contributed by atoms with Crippen molar-refractivity contribution in [1.29, 1.82) is 0 Å². The van der Waals surface area contributed by atoms with Crippen molar-refractivity contribution in [3.05, 3.63) is 30.7 Å². The third-order valence-corrected chi connectivity index (χ3v) is 1.73. The molecular formula is C11H16N4O. The summed E-state index contributed by atoms with van der Waals surface area (Å²) >= 11 is 0. The molecule has 2 N–H and O–H groups in total.